The van der Waals surface area contributed by atoms with Crippen LogP contribution >= 0.6 is 23.4 Å². The third-order valence-corrected chi connectivity index (χ3v) is 4.35. The third-order valence-electron chi connectivity index (χ3n) is 3.11. The van der Waals surface area contributed by atoms with Crippen molar-refractivity contribution in [2.45, 2.75) is 5.75 Å². The molecular formula is C17H16ClNO4S. The van der Waals surface area contributed by atoms with Crippen LogP contribution in [0.15, 0.2) is 42.5 Å². The second-order valence-electron chi connectivity index (χ2n) is 4.86. The van der Waals surface area contributed by atoms with E-state index in [1.165, 1.54) is 31.0 Å². The van der Waals surface area contributed by atoms with Gasteiger partial charge in [0, 0.05) is 10.8 Å². The minimum atomic E-state index is -0.668. The number of nitrogens with one attached hydrogen (secondary N) is 1. The second kappa shape index (κ2) is 8.61. The number of carbonyl (C=O) groups is 2. The van der Waals surface area contributed by atoms with E-state index in [1.807, 2.05) is 18.2 Å². The average Bonchev–Trinajstić information content (AvgIpc) is 2.56. The van der Waals surface area contributed by atoms with E-state index in [2.05, 4.69) is 10.1 Å². The van der Waals surface area contributed by atoms with Crippen LogP contribution in [0, 0.1) is 0 Å². The van der Waals surface area contributed by atoms with E-state index < -0.39 is 5.97 Å². The molecule has 0 aliphatic heterocycles. The molecule has 0 heterocycles. The fourth-order valence-electron chi connectivity index (χ4n) is 1.99. The van der Waals surface area contributed by atoms with Gasteiger partial charge >= 0.3 is 5.97 Å². The van der Waals surface area contributed by atoms with Gasteiger partial charge in [0.1, 0.15) is 5.56 Å². The highest BCUT2D eigenvalue weighted by Gasteiger charge is 2.15. The summed E-state index contributed by atoms with van der Waals surface area (Å²) in [6, 6.07) is 11.9. The number of para-hydroxylation sites is 1. The molecule has 0 saturated carbocycles. The van der Waals surface area contributed by atoms with Gasteiger partial charge in [-0.05, 0) is 29.8 Å². The van der Waals surface area contributed by atoms with Gasteiger partial charge in [0.15, 0.2) is 5.75 Å². The van der Waals surface area contributed by atoms with E-state index in [4.69, 9.17) is 11.6 Å². The minimum Gasteiger partial charge on any atom is -0.505 e. The van der Waals surface area contributed by atoms with Crippen molar-refractivity contribution in [2.75, 3.05) is 18.2 Å². The Hall–Kier alpha value is -2.18. The minimum absolute atomic E-state index is 0.00174. The SMILES string of the molecule is COC(=O)c1cccc(NC(=O)CSCc2cccc(Cl)c2)c1O. The predicted octanol–water partition coefficient (Wildman–Crippen LogP) is 3.70. The van der Waals surface area contributed by atoms with Crippen LogP contribution < -0.4 is 5.32 Å². The number of halogens is 1. The van der Waals surface area contributed by atoms with Crippen LogP contribution in [-0.4, -0.2) is 29.8 Å². The molecule has 0 radical (unpaired) electrons. The molecule has 2 aromatic rings. The van der Waals surface area contributed by atoms with Crippen LogP contribution in [0.5, 0.6) is 5.75 Å². The van der Waals surface area contributed by atoms with E-state index in [1.54, 1.807) is 12.1 Å². The molecule has 0 aliphatic rings. The molecule has 5 nitrogen and oxygen atoms in total. The summed E-state index contributed by atoms with van der Waals surface area (Å²) in [7, 11) is 1.22. The van der Waals surface area contributed by atoms with Crippen LogP contribution in [-0.2, 0) is 15.3 Å². The van der Waals surface area contributed by atoms with Crippen LogP contribution in [0.1, 0.15) is 15.9 Å². The maximum atomic E-state index is 12.0. The maximum Gasteiger partial charge on any atom is 0.341 e. The number of hydrogen-bond acceptors (Lipinski definition) is 5. The molecule has 126 valence electrons. The van der Waals surface area contributed by atoms with Gasteiger partial charge in [-0.25, -0.2) is 4.79 Å². The molecule has 0 spiro atoms. The molecule has 0 aliphatic carbocycles. The number of esters is 1. The van der Waals surface area contributed by atoms with Gasteiger partial charge in [0.25, 0.3) is 0 Å². The van der Waals surface area contributed by atoms with Gasteiger partial charge < -0.3 is 15.2 Å². The normalized spacial score (nSPS) is 10.2. The summed E-state index contributed by atoms with van der Waals surface area (Å²) in [5.74, 6) is -0.410. The first-order valence-corrected chi connectivity index (χ1v) is 8.57. The van der Waals surface area contributed by atoms with E-state index >= 15 is 0 Å². The molecule has 2 N–H and O–H groups in total. The smallest absolute Gasteiger partial charge is 0.341 e. The molecule has 1 amide bonds. The number of aromatic hydroxyl groups is 1. The largest absolute Gasteiger partial charge is 0.505 e. The molecule has 2 rings (SSSR count). The molecule has 0 fully saturated rings. The van der Waals surface area contributed by atoms with Gasteiger partial charge in [-0.2, -0.15) is 0 Å². The highest BCUT2D eigenvalue weighted by Crippen LogP contribution is 2.28. The molecule has 7 heteroatoms. The summed E-state index contributed by atoms with van der Waals surface area (Å²) in [5.41, 5.74) is 1.20. The van der Waals surface area contributed by atoms with Crippen molar-refractivity contribution < 1.29 is 19.4 Å². The lowest BCUT2D eigenvalue weighted by Gasteiger charge is -2.10. The van der Waals surface area contributed by atoms with Crippen molar-refractivity contribution in [3.05, 3.63) is 58.6 Å². The first-order chi connectivity index (χ1) is 11.5. The fraction of sp³-hybridized carbons (Fsp3) is 0.176. The highest BCUT2D eigenvalue weighted by molar-refractivity contribution is 7.99. The highest BCUT2D eigenvalue weighted by atomic mass is 35.5. The van der Waals surface area contributed by atoms with E-state index in [0.29, 0.717) is 10.8 Å². The molecule has 0 aromatic heterocycles. The Labute approximate surface area is 149 Å². The number of amides is 1. The molecule has 0 unspecified atom stereocenters. The van der Waals surface area contributed by atoms with Gasteiger partial charge in [0.2, 0.25) is 5.91 Å². The average molecular weight is 366 g/mol. The van der Waals surface area contributed by atoms with E-state index in [0.717, 1.165) is 5.56 Å². The summed E-state index contributed by atoms with van der Waals surface area (Å²) in [6.07, 6.45) is 0. The Morgan fingerprint density at radius 1 is 1.25 bits per heavy atom. The van der Waals surface area contributed by atoms with E-state index in [-0.39, 0.29) is 28.7 Å². The summed E-state index contributed by atoms with van der Waals surface area (Å²) in [6.45, 7) is 0. The number of ether oxygens (including phenoxy) is 1. The van der Waals surface area contributed by atoms with Gasteiger partial charge in [-0.3, -0.25) is 4.79 Å². The van der Waals surface area contributed by atoms with E-state index in [9.17, 15) is 14.7 Å². The summed E-state index contributed by atoms with van der Waals surface area (Å²) < 4.78 is 4.57. The Morgan fingerprint density at radius 3 is 2.71 bits per heavy atom. The van der Waals surface area contributed by atoms with Gasteiger partial charge in [-0.15, -0.1) is 11.8 Å². The number of phenolic OH excluding ortho intramolecular Hbond substituents is 1. The summed E-state index contributed by atoms with van der Waals surface area (Å²) >= 11 is 7.33. The number of methoxy groups -OCH3 is 1. The fourth-order valence-corrected chi connectivity index (χ4v) is 2.98. The molecule has 0 atom stereocenters. The quantitative estimate of drug-likeness (QED) is 0.603. The number of benzene rings is 2. The first-order valence-electron chi connectivity index (χ1n) is 7.03. The predicted molar refractivity (Wildman–Crippen MR) is 95.7 cm³/mol. The Bertz CT molecular complexity index is 751. The topological polar surface area (TPSA) is 75.6 Å². The summed E-state index contributed by atoms with van der Waals surface area (Å²) in [5, 5.41) is 13.3. The van der Waals surface area contributed by atoms with Crippen molar-refractivity contribution in [3.8, 4) is 5.75 Å². The zero-order valence-electron chi connectivity index (χ0n) is 12.9. The maximum absolute atomic E-state index is 12.0. The number of rotatable bonds is 6. The van der Waals surface area contributed by atoms with Crippen LogP contribution in [0.25, 0.3) is 0 Å². The van der Waals surface area contributed by atoms with Crippen molar-refractivity contribution in [2.24, 2.45) is 0 Å². The van der Waals surface area contributed by atoms with Gasteiger partial charge in [0.05, 0.1) is 18.6 Å². The standard InChI is InChI=1S/C17H16ClNO4S/c1-23-17(22)13-6-3-7-14(16(13)21)19-15(20)10-24-9-11-4-2-5-12(18)8-11/h2-8,21H,9-10H2,1H3,(H,19,20). The first kappa shape index (κ1) is 18.2. The number of phenols is 1. The lowest BCUT2D eigenvalue weighted by Crippen LogP contribution is -2.15. The molecule has 0 bridgehead atoms. The Balaban J connectivity index is 1.92. The van der Waals surface area contributed by atoms with Crippen molar-refractivity contribution in [1.29, 1.82) is 0 Å². The van der Waals surface area contributed by atoms with Crippen LogP contribution in [0.4, 0.5) is 5.69 Å². The zero-order valence-corrected chi connectivity index (χ0v) is 14.5. The molecule has 2 aromatic carbocycles. The Kier molecular flexibility index (Phi) is 6.52. The van der Waals surface area contributed by atoms with Gasteiger partial charge in [-0.1, -0.05) is 29.8 Å². The zero-order chi connectivity index (χ0) is 17.5. The second-order valence-corrected chi connectivity index (χ2v) is 6.29. The third kappa shape index (κ3) is 4.91. The number of thioether (sulfide) groups is 1. The molecular weight excluding hydrogens is 350 g/mol. The van der Waals surface area contributed by atoms with Crippen molar-refractivity contribution in [3.63, 3.8) is 0 Å². The number of anilines is 1. The summed E-state index contributed by atoms with van der Waals surface area (Å²) in [4.78, 5) is 23.5. The van der Waals surface area contributed by atoms with Crippen molar-refractivity contribution >= 4 is 40.9 Å². The number of carbonyl (C=O) groups excluding carboxylic acids is 2. The monoisotopic (exact) mass is 365 g/mol. The lowest BCUT2D eigenvalue weighted by molar-refractivity contribution is -0.113. The van der Waals surface area contributed by atoms with Crippen LogP contribution in [0.2, 0.25) is 5.02 Å². The number of hydrogen-bond donors (Lipinski definition) is 2. The van der Waals surface area contributed by atoms with Crippen molar-refractivity contribution in [1.82, 2.24) is 0 Å². The molecule has 0 saturated heterocycles. The lowest BCUT2D eigenvalue weighted by atomic mass is 10.1. The van der Waals surface area contributed by atoms with Crippen LogP contribution in [0.3, 0.4) is 0 Å². The Morgan fingerprint density at radius 2 is 2.00 bits per heavy atom. The molecule has 24 heavy (non-hydrogen) atoms.